The average Bonchev–Trinajstić information content (AvgIpc) is 1.97. The van der Waals surface area contributed by atoms with E-state index in [1.165, 1.54) is 0 Å². The SMILES string of the molecule is COC(=O)/C=C\C(=O)OC(F)(F)F. The molecule has 0 aliphatic carbocycles. The van der Waals surface area contributed by atoms with Crippen molar-refractivity contribution in [3.8, 4) is 0 Å². The van der Waals surface area contributed by atoms with Crippen LogP contribution in [0.5, 0.6) is 0 Å². The third-order valence-electron chi connectivity index (χ3n) is 0.773. The Kier molecular flexibility index (Phi) is 3.96. The molecule has 0 N–H and O–H groups in total. The van der Waals surface area contributed by atoms with Gasteiger partial charge in [-0.15, -0.1) is 13.2 Å². The number of rotatable bonds is 2. The molecule has 0 saturated heterocycles. The number of carbonyl (C=O) groups is 2. The number of hydrogen-bond acceptors (Lipinski definition) is 4. The number of esters is 2. The minimum Gasteiger partial charge on any atom is -0.466 e. The predicted octanol–water partition coefficient (Wildman–Crippen LogP) is 0.779. The molecular weight excluding hydrogens is 193 g/mol. The molecule has 0 amide bonds. The van der Waals surface area contributed by atoms with Crippen LogP contribution in [0.4, 0.5) is 13.2 Å². The van der Waals surface area contributed by atoms with E-state index < -0.39 is 18.3 Å². The quantitative estimate of drug-likeness (QED) is 0.486. The summed E-state index contributed by atoms with van der Waals surface area (Å²) in [6.45, 7) is 0. The van der Waals surface area contributed by atoms with Crippen molar-refractivity contribution in [2.45, 2.75) is 6.36 Å². The lowest BCUT2D eigenvalue weighted by Gasteiger charge is -2.03. The van der Waals surface area contributed by atoms with E-state index in [0.29, 0.717) is 12.2 Å². The smallest absolute Gasteiger partial charge is 0.466 e. The Morgan fingerprint density at radius 1 is 1.15 bits per heavy atom. The Morgan fingerprint density at radius 3 is 2.00 bits per heavy atom. The molecular formula is C6H5F3O4. The predicted molar refractivity (Wildman–Crippen MR) is 33.3 cm³/mol. The van der Waals surface area contributed by atoms with Gasteiger partial charge in [0.2, 0.25) is 0 Å². The normalized spacial score (nSPS) is 11.4. The van der Waals surface area contributed by atoms with Crippen LogP contribution in [0.1, 0.15) is 0 Å². The van der Waals surface area contributed by atoms with Gasteiger partial charge in [0, 0.05) is 12.2 Å². The summed E-state index contributed by atoms with van der Waals surface area (Å²) in [6.07, 6.45) is -4.20. The van der Waals surface area contributed by atoms with Crippen molar-refractivity contribution < 1.29 is 32.2 Å². The van der Waals surface area contributed by atoms with E-state index in [2.05, 4.69) is 9.47 Å². The Balaban J connectivity index is 4.02. The lowest BCUT2D eigenvalue weighted by molar-refractivity contribution is -0.303. The van der Waals surface area contributed by atoms with Crippen molar-refractivity contribution in [3.05, 3.63) is 12.2 Å². The number of halogens is 3. The van der Waals surface area contributed by atoms with E-state index in [4.69, 9.17) is 0 Å². The van der Waals surface area contributed by atoms with Crippen LogP contribution in [0, 0.1) is 0 Å². The van der Waals surface area contributed by atoms with Crippen molar-refractivity contribution in [1.82, 2.24) is 0 Å². The second-order valence-corrected chi connectivity index (χ2v) is 1.72. The molecule has 0 rings (SSSR count). The van der Waals surface area contributed by atoms with Crippen LogP contribution < -0.4 is 0 Å². The first-order valence-electron chi connectivity index (χ1n) is 2.91. The Morgan fingerprint density at radius 2 is 1.62 bits per heavy atom. The Labute approximate surface area is 70.9 Å². The fraction of sp³-hybridized carbons (Fsp3) is 0.333. The first-order chi connectivity index (χ1) is 5.85. The Bertz CT molecular complexity index is 231. The molecule has 0 saturated carbocycles. The lowest BCUT2D eigenvalue weighted by atomic mass is 10.5. The zero-order valence-corrected chi connectivity index (χ0v) is 6.42. The second-order valence-electron chi connectivity index (χ2n) is 1.72. The largest absolute Gasteiger partial charge is 0.575 e. The summed E-state index contributed by atoms with van der Waals surface area (Å²) in [5, 5.41) is 0. The summed E-state index contributed by atoms with van der Waals surface area (Å²) in [7, 11) is 1.02. The van der Waals surface area contributed by atoms with Gasteiger partial charge < -0.3 is 9.47 Å². The molecule has 0 fully saturated rings. The molecule has 0 bridgehead atoms. The summed E-state index contributed by atoms with van der Waals surface area (Å²) in [5.74, 6) is -2.63. The molecule has 4 nitrogen and oxygen atoms in total. The highest BCUT2D eigenvalue weighted by atomic mass is 19.4. The third kappa shape index (κ3) is 6.85. The highest BCUT2D eigenvalue weighted by Gasteiger charge is 2.32. The highest BCUT2D eigenvalue weighted by Crippen LogP contribution is 2.16. The third-order valence-corrected chi connectivity index (χ3v) is 0.773. The molecule has 0 spiro atoms. The minimum absolute atomic E-state index is 0.319. The molecule has 0 aliphatic rings. The topological polar surface area (TPSA) is 52.6 Å². The van der Waals surface area contributed by atoms with Crippen LogP contribution in [0.3, 0.4) is 0 Å². The minimum atomic E-state index is -5.04. The molecule has 13 heavy (non-hydrogen) atoms. The van der Waals surface area contributed by atoms with E-state index in [1.54, 1.807) is 0 Å². The molecule has 0 aromatic heterocycles. The summed E-state index contributed by atoms with van der Waals surface area (Å²) < 4.78 is 40.9. The van der Waals surface area contributed by atoms with Crippen molar-refractivity contribution in [1.29, 1.82) is 0 Å². The maximum Gasteiger partial charge on any atom is 0.575 e. The van der Waals surface area contributed by atoms with E-state index in [0.717, 1.165) is 7.11 Å². The molecule has 0 aromatic rings. The maximum absolute atomic E-state index is 11.3. The summed E-state index contributed by atoms with van der Waals surface area (Å²) in [5.41, 5.74) is 0. The molecule has 7 heteroatoms. The van der Waals surface area contributed by atoms with Gasteiger partial charge in [-0.05, 0) is 0 Å². The van der Waals surface area contributed by atoms with E-state index in [-0.39, 0.29) is 0 Å². The number of hydrogen-bond donors (Lipinski definition) is 0. The molecule has 0 radical (unpaired) electrons. The molecule has 0 atom stereocenters. The fourth-order valence-corrected chi connectivity index (χ4v) is 0.352. The number of carbonyl (C=O) groups excluding carboxylic acids is 2. The van der Waals surface area contributed by atoms with Crippen molar-refractivity contribution in [2.75, 3.05) is 7.11 Å². The van der Waals surface area contributed by atoms with Crippen LogP contribution in [-0.4, -0.2) is 25.4 Å². The highest BCUT2D eigenvalue weighted by molar-refractivity contribution is 5.91. The summed E-state index contributed by atoms with van der Waals surface area (Å²) in [4.78, 5) is 20.5. The molecule has 0 heterocycles. The standard InChI is InChI=1S/C6H5F3O4/c1-12-4(10)2-3-5(11)13-6(7,8)9/h2-3H,1H3/b3-2-. The second kappa shape index (κ2) is 4.48. The Hall–Kier alpha value is -1.53. The zero-order chi connectivity index (χ0) is 10.5. The van der Waals surface area contributed by atoms with E-state index >= 15 is 0 Å². The summed E-state index contributed by atoms with van der Waals surface area (Å²) >= 11 is 0. The molecule has 0 unspecified atom stereocenters. The van der Waals surface area contributed by atoms with Crippen molar-refractivity contribution in [3.63, 3.8) is 0 Å². The van der Waals surface area contributed by atoms with Gasteiger partial charge in [-0.25, -0.2) is 9.59 Å². The van der Waals surface area contributed by atoms with Gasteiger partial charge in [-0.2, -0.15) is 0 Å². The van der Waals surface area contributed by atoms with Crippen LogP contribution in [-0.2, 0) is 19.1 Å². The number of methoxy groups -OCH3 is 1. The number of ether oxygens (including phenoxy) is 2. The van der Waals surface area contributed by atoms with Gasteiger partial charge in [-0.3, -0.25) is 0 Å². The van der Waals surface area contributed by atoms with Gasteiger partial charge in [0.1, 0.15) is 0 Å². The van der Waals surface area contributed by atoms with E-state index in [1.807, 2.05) is 0 Å². The van der Waals surface area contributed by atoms with E-state index in [9.17, 15) is 22.8 Å². The average molecular weight is 198 g/mol. The molecule has 0 aromatic carbocycles. The van der Waals surface area contributed by atoms with Gasteiger partial charge in [0.25, 0.3) is 0 Å². The molecule has 0 aliphatic heterocycles. The van der Waals surface area contributed by atoms with Crippen LogP contribution in [0.25, 0.3) is 0 Å². The molecule has 74 valence electrons. The van der Waals surface area contributed by atoms with Crippen LogP contribution >= 0.6 is 0 Å². The fourth-order valence-electron chi connectivity index (χ4n) is 0.352. The van der Waals surface area contributed by atoms with Gasteiger partial charge in [-0.1, -0.05) is 0 Å². The van der Waals surface area contributed by atoms with Crippen molar-refractivity contribution in [2.24, 2.45) is 0 Å². The van der Waals surface area contributed by atoms with Crippen LogP contribution in [0.15, 0.2) is 12.2 Å². The van der Waals surface area contributed by atoms with Gasteiger partial charge in [0.15, 0.2) is 0 Å². The summed E-state index contributed by atoms with van der Waals surface area (Å²) in [6, 6.07) is 0. The first kappa shape index (κ1) is 11.5. The monoisotopic (exact) mass is 198 g/mol. The zero-order valence-electron chi connectivity index (χ0n) is 6.42. The lowest BCUT2D eigenvalue weighted by Crippen LogP contribution is -2.17. The number of alkyl halides is 3. The maximum atomic E-state index is 11.3. The van der Waals surface area contributed by atoms with Crippen LogP contribution in [0.2, 0.25) is 0 Å². The van der Waals surface area contributed by atoms with Gasteiger partial charge in [0.05, 0.1) is 7.11 Å². The van der Waals surface area contributed by atoms with Gasteiger partial charge >= 0.3 is 18.3 Å². The van der Waals surface area contributed by atoms with Crippen molar-refractivity contribution >= 4 is 11.9 Å². The first-order valence-corrected chi connectivity index (χ1v) is 2.91.